The van der Waals surface area contributed by atoms with Crippen molar-refractivity contribution in [1.82, 2.24) is 24.7 Å². The number of rotatable bonds is 7. The second-order valence-corrected chi connectivity index (χ2v) is 9.37. The fraction of sp³-hybridized carbons (Fsp3) is 0.385. The van der Waals surface area contributed by atoms with Gasteiger partial charge in [0, 0.05) is 50.0 Å². The predicted octanol–water partition coefficient (Wildman–Crippen LogP) is 4.59. The van der Waals surface area contributed by atoms with E-state index >= 15 is 0 Å². The molecule has 0 saturated carbocycles. The van der Waals surface area contributed by atoms with Crippen molar-refractivity contribution in [2.24, 2.45) is 0 Å². The van der Waals surface area contributed by atoms with Crippen molar-refractivity contribution in [3.05, 3.63) is 83.9 Å². The van der Waals surface area contributed by atoms with Gasteiger partial charge in [0.1, 0.15) is 0 Å². The summed E-state index contributed by atoms with van der Waals surface area (Å²) in [6.07, 6.45) is 0.0248. The molecule has 3 aromatic rings. The molecule has 1 N–H and O–H groups in total. The predicted molar refractivity (Wildman–Crippen MR) is 135 cm³/mol. The number of ether oxygens (including phenoxy) is 1. The molecule has 2 aliphatic heterocycles. The van der Waals surface area contributed by atoms with Crippen LogP contribution in [-0.4, -0.2) is 63.9 Å². The minimum Gasteiger partial charge on any atom is -0.379 e. The fourth-order valence-corrected chi connectivity index (χ4v) is 5.29. The van der Waals surface area contributed by atoms with Crippen molar-refractivity contribution in [2.75, 3.05) is 39.4 Å². The van der Waals surface area contributed by atoms with Crippen LogP contribution in [0, 0.1) is 0 Å². The normalized spacial score (nSPS) is 21.1. The molecule has 2 saturated heterocycles. The number of pyridine rings is 1. The zero-order chi connectivity index (χ0) is 25.1. The van der Waals surface area contributed by atoms with Crippen LogP contribution in [-0.2, 0) is 10.9 Å². The van der Waals surface area contributed by atoms with E-state index in [1.807, 2.05) is 34.9 Å². The molecule has 4 heterocycles. The molecule has 0 bridgehead atoms. The van der Waals surface area contributed by atoms with Crippen LogP contribution in [0.1, 0.15) is 35.5 Å². The molecule has 5 rings (SSSR count). The quantitative estimate of drug-likeness (QED) is 0.465. The van der Waals surface area contributed by atoms with Gasteiger partial charge in [-0.1, -0.05) is 12.1 Å². The van der Waals surface area contributed by atoms with E-state index in [-0.39, 0.29) is 12.1 Å². The average molecular weight is 516 g/mol. The van der Waals surface area contributed by atoms with Crippen LogP contribution in [0.5, 0.6) is 0 Å². The first kappa shape index (κ1) is 24.7. The maximum atomic E-state index is 13.4. The Hall–Kier alpha value is -2.95. The number of alkyl halides is 3. The summed E-state index contributed by atoms with van der Waals surface area (Å²) in [5.74, 6) is 0. The SMILES string of the molecule is FC(F)(F)c1cccc(-n2cccc2[C@@H]2[C@@H](c3ccccn3)NC(=S)N2CCCN2CCOCC2)c1. The molecule has 2 atom stereocenters. The van der Waals surface area contributed by atoms with Crippen molar-refractivity contribution < 1.29 is 17.9 Å². The van der Waals surface area contributed by atoms with Crippen LogP contribution in [0.4, 0.5) is 13.2 Å². The second kappa shape index (κ2) is 10.6. The Morgan fingerprint density at radius 2 is 1.86 bits per heavy atom. The van der Waals surface area contributed by atoms with E-state index in [2.05, 4.69) is 20.1 Å². The van der Waals surface area contributed by atoms with Crippen LogP contribution in [0.15, 0.2) is 67.0 Å². The Morgan fingerprint density at radius 3 is 2.61 bits per heavy atom. The standard InChI is InChI=1S/C26H28F3N5OS/c27-26(28,29)19-6-3-7-20(18-19)33-12-4-9-22(33)24-23(21-8-1-2-10-30-21)31-25(36)34(24)13-5-11-32-14-16-35-17-15-32/h1-4,6-10,12,18,23-24H,5,11,13-17H2,(H,31,36)/t23-,24-/m1/s1. The van der Waals surface area contributed by atoms with Gasteiger partial charge >= 0.3 is 6.18 Å². The fourth-order valence-electron chi connectivity index (χ4n) is 4.96. The number of nitrogens with one attached hydrogen (secondary N) is 1. The first-order valence-electron chi connectivity index (χ1n) is 12.0. The molecular weight excluding hydrogens is 487 g/mol. The van der Waals surface area contributed by atoms with E-state index < -0.39 is 11.7 Å². The molecule has 0 radical (unpaired) electrons. The van der Waals surface area contributed by atoms with Crippen molar-refractivity contribution in [3.63, 3.8) is 0 Å². The molecular formula is C26H28F3N5OS. The molecule has 36 heavy (non-hydrogen) atoms. The smallest absolute Gasteiger partial charge is 0.379 e. The van der Waals surface area contributed by atoms with Gasteiger partial charge in [-0.05, 0) is 61.1 Å². The Labute approximate surface area is 213 Å². The Bertz CT molecular complexity index is 1180. The Balaban J connectivity index is 1.47. The van der Waals surface area contributed by atoms with Crippen LogP contribution in [0.3, 0.4) is 0 Å². The molecule has 0 amide bonds. The van der Waals surface area contributed by atoms with Gasteiger partial charge in [-0.25, -0.2) is 0 Å². The topological polar surface area (TPSA) is 45.6 Å². The van der Waals surface area contributed by atoms with E-state index in [9.17, 15) is 13.2 Å². The minimum absolute atomic E-state index is 0.235. The highest BCUT2D eigenvalue weighted by atomic mass is 32.1. The van der Waals surface area contributed by atoms with E-state index in [1.54, 1.807) is 18.5 Å². The lowest BCUT2D eigenvalue weighted by Crippen LogP contribution is -2.39. The van der Waals surface area contributed by atoms with Gasteiger partial charge < -0.3 is 19.5 Å². The molecule has 190 valence electrons. The lowest BCUT2D eigenvalue weighted by Gasteiger charge is -2.31. The number of hydrogen-bond acceptors (Lipinski definition) is 4. The maximum absolute atomic E-state index is 13.4. The van der Waals surface area contributed by atoms with Gasteiger partial charge in [-0.15, -0.1) is 0 Å². The summed E-state index contributed by atoms with van der Waals surface area (Å²) in [7, 11) is 0. The summed E-state index contributed by atoms with van der Waals surface area (Å²) in [5.41, 5.74) is 1.46. The highest BCUT2D eigenvalue weighted by molar-refractivity contribution is 7.80. The van der Waals surface area contributed by atoms with Gasteiger partial charge in [-0.3, -0.25) is 9.88 Å². The number of nitrogens with zero attached hydrogens (tertiary/aromatic N) is 4. The van der Waals surface area contributed by atoms with Gasteiger partial charge in [0.15, 0.2) is 5.11 Å². The number of morpholine rings is 1. The summed E-state index contributed by atoms with van der Waals surface area (Å²) in [5, 5.41) is 4.05. The van der Waals surface area contributed by atoms with Crippen LogP contribution >= 0.6 is 12.2 Å². The Morgan fingerprint density at radius 1 is 1.03 bits per heavy atom. The zero-order valence-corrected chi connectivity index (χ0v) is 20.5. The third-order valence-corrected chi connectivity index (χ3v) is 7.06. The molecule has 2 aliphatic rings. The number of benzene rings is 1. The third-order valence-electron chi connectivity index (χ3n) is 6.71. The molecule has 0 unspecified atom stereocenters. The molecule has 6 nitrogen and oxygen atoms in total. The molecule has 2 fully saturated rings. The monoisotopic (exact) mass is 515 g/mol. The van der Waals surface area contributed by atoms with E-state index in [4.69, 9.17) is 17.0 Å². The van der Waals surface area contributed by atoms with E-state index in [0.29, 0.717) is 17.3 Å². The van der Waals surface area contributed by atoms with E-state index in [0.717, 1.165) is 56.7 Å². The van der Waals surface area contributed by atoms with Crippen molar-refractivity contribution in [3.8, 4) is 5.69 Å². The summed E-state index contributed by atoms with van der Waals surface area (Å²) in [6.45, 7) is 4.97. The van der Waals surface area contributed by atoms with Gasteiger partial charge in [-0.2, -0.15) is 13.2 Å². The molecule has 0 aliphatic carbocycles. The Kier molecular flexibility index (Phi) is 7.27. The van der Waals surface area contributed by atoms with Crippen molar-refractivity contribution in [1.29, 1.82) is 0 Å². The number of hydrogen-bond donors (Lipinski definition) is 1. The molecule has 2 aromatic heterocycles. The van der Waals surface area contributed by atoms with Gasteiger partial charge in [0.2, 0.25) is 0 Å². The molecule has 0 spiro atoms. The second-order valence-electron chi connectivity index (χ2n) is 8.98. The summed E-state index contributed by atoms with van der Waals surface area (Å²) in [6, 6.07) is 14.5. The first-order valence-corrected chi connectivity index (χ1v) is 12.5. The third kappa shape index (κ3) is 5.25. The molecule has 1 aromatic carbocycles. The minimum atomic E-state index is -4.41. The van der Waals surface area contributed by atoms with E-state index in [1.165, 1.54) is 12.1 Å². The highest BCUT2D eigenvalue weighted by Crippen LogP contribution is 2.40. The van der Waals surface area contributed by atoms with Gasteiger partial charge in [0.25, 0.3) is 0 Å². The summed E-state index contributed by atoms with van der Waals surface area (Å²) < 4.78 is 47.6. The zero-order valence-electron chi connectivity index (χ0n) is 19.7. The lowest BCUT2D eigenvalue weighted by molar-refractivity contribution is -0.137. The summed E-state index contributed by atoms with van der Waals surface area (Å²) >= 11 is 5.76. The number of thiocarbonyl (C=S) groups is 1. The van der Waals surface area contributed by atoms with Crippen LogP contribution in [0.25, 0.3) is 5.69 Å². The van der Waals surface area contributed by atoms with Crippen LogP contribution < -0.4 is 5.32 Å². The lowest BCUT2D eigenvalue weighted by atomic mass is 10.0. The maximum Gasteiger partial charge on any atom is 0.416 e. The summed E-state index contributed by atoms with van der Waals surface area (Å²) in [4.78, 5) is 9.09. The highest BCUT2D eigenvalue weighted by Gasteiger charge is 2.41. The number of aromatic nitrogens is 2. The first-order chi connectivity index (χ1) is 17.4. The van der Waals surface area contributed by atoms with Gasteiger partial charge in [0.05, 0.1) is 36.6 Å². The van der Waals surface area contributed by atoms with Crippen molar-refractivity contribution in [2.45, 2.75) is 24.7 Å². The van der Waals surface area contributed by atoms with Crippen molar-refractivity contribution >= 4 is 17.3 Å². The average Bonchev–Trinajstić information content (AvgIpc) is 3.49. The van der Waals surface area contributed by atoms with Crippen LogP contribution in [0.2, 0.25) is 0 Å². The number of halogens is 3. The molecule has 10 heteroatoms. The largest absolute Gasteiger partial charge is 0.416 e.